The van der Waals surface area contributed by atoms with Crippen LogP contribution in [-0.4, -0.2) is 53.2 Å². The zero-order chi connectivity index (χ0) is 13.2. The van der Waals surface area contributed by atoms with Crippen LogP contribution in [0.5, 0.6) is 0 Å². The maximum Gasteiger partial charge on any atom is 0.246 e. The Labute approximate surface area is 111 Å². The quantitative estimate of drug-likeness (QED) is 0.816. The Kier molecular flexibility index (Phi) is 3.31. The molecule has 1 aromatic heterocycles. The van der Waals surface area contributed by atoms with Crippen LogP contribution in [0.2, 0.25) is 0 Å². The largest absolute Gasteiger partial charge is 0.379 e. The third-order valence-corrected chi connectivity index (χ3v) is 3.44. The van der Waals surface area contributed by atoms with Gasteiger partial charge in [-0.2, -0.15) is 0 Å². The molecule has 0 aliphatic carbocycles. The van der Waals surface area contributed by atoms with Gasteiger partial charge in [-0.3, -0.25) is 14.3 Å². The van der Waals surface area contributed by atoms with Crippen LogP contribution in [-0.2, 0) is 4.74 Å². The Morgan fingerprint density at radius 3 is 2.84 bits per heavy atom. The molecule has 3 rings (SSSR count). The fraction of sp³-hybridized carbons (Fsp3) is 0.429. The molecule has 1 saturated heterocycles. The monoisotopic (exact) mass is 259 g/mol. The van der Waals surface area contributed by atoms with Crippen molar-refractivity contribution in [3.63, 3.8) is 0 Å². The number of imidazole rings is 1. The number of carbonyl (C=O) groups is 1. The highest BCUT2D eigenvalue weighted by Crippen LogP contribution is 2.15. The van der Waals surface area contributed by atoms with Crippen LogP contribution in [0.3, 0.4) is 0 Å². The van der Waals surface area contributed by atoms with Gasteiger partial charge in [-0.25, -0.2) is 4.98 Å². The van der Waals surface area contributed by atoms with E-state index in [1.54, 1.807) is 4.57 Å². The van der Waals surface area contributed by atoms with Gasteiger partial charge in [0.1, 0.15) is 5.82 Å². The first-order valence-electron chi connectivity index (χ1n) is 6.53. The average Bonchev–Trinajstić information content (AvgIpc) is 2.75. The molecule has 0 unspecified atom stereocenters. The summed E-state index contributed by atoms with van der Waals surface area (Å²) in [5.41, 5.74) is 1.76. The van der Waals surface area contributed by atoms with Crippen LogP contribution < -0.4 is 0 Å². The topological polar surface area (TPSA) is 47.4 Å². The van der Waals surface area contributed by atoms with E-state index in [0.717, 1.165) is 29.9 Å². The number of aromatic nitrogens is 2. The Hall–Kier alpha value is -1.72. The lowest BCUT2D eigenvalue weighted by molar-refractivity contribution is 0.0350. The molecule has 100 valence electrons. The Morgan fingerprint density at radius 1 is 1.32 bits per heavy atom. The van der Waals surface area contributed by atoms with E-state index in [1.807, 2.05) is 31.2 Å². The number of ether oxygens (including phenoxy) is 1. The van der Waals surface area contributed by atoms with E-state index >= 15 is 0 Å². The first kappa shape index (κ1) is 12.3. The summed E-state index contributed by atoms with van der Waals surface area (Å²) in [6, 6.07) is 7.74. The molecule has 1 aliphatic heterocycles. The fourth-order valence-electron chi connectivity index (χ4n) is 2.48. The number of rotatable bonds is 2. The predicted octanol–water partition coefficient (Wildman–Crippen LogP) is 1.32. The summed E-state index contributed by atoms with van der Waals surface area (Å²) < 4.78 is 7.01. The molecule has 5 heteroatoms. The first-order chi connectivity index (χ1) is 9.25. The lowest BCUT2D eigenvalue weighted by Gasteiger charge is -2.25. The summed E-state index contributed by atoms with van der Waals surface area (Å²) in [5.74, 6) is 0.826. The Morgan fingerprint density at radius 2 is 2.05 bits per heavy atom. The van der Waals surface area contributed by atoms with Crippen LogP contribution >= 0.6 is 0 Å². The van der Waals surface area contributed by atoms with Crippen molar-refractivity contribution in [3.8, 4) is 0 Å². The Bertz CT molecular complexity index is 600. The van der Waals surface area contributed by atoms with Gasteiger partial charge in [0.15, 0.2) is 0 Å². The smallest absolute Gasteiger partial charge is 0.246 e. The van der Waals surface area contributed by atoms with Gasteiger partial charge < -0.3 is 4.74 Å². The summed E-state index contributed by atoms with van der Waals surface area (Å²) in [7, 11) is 0. The summed E-state index contributed by atoms with van der Waals surface area (Å²) in [6.07, 6.45) is 0. The van der Waals surface area contributed by atoms with Crippen LogP contribution in [0.25, 0.3) is 11.0 Å². The van der Waals surface area contributed by atoms with Gasteiger partial charge in [-0.05, 0) is 19.1 Å². The number of morpholine rings is 1. The van der Waals surface area contributed by atoms with Gasteiger partial charge in [0, 0.05) is 13.1 Å². The number of benzene rings is 1. The van der Waals surface area contributed by atoms with E-state index in [2.05, 4.69) is 9.88 Å². The lowest BCUT2D eigenvalue weighted by atomic mass is 10.3. The molecule has 0 amide bonds. The molecule has 2 aromatic rings. The van der Waals surface area contributed by atoms with Crippen molar-refractivity contribution in [3.05, 3.63) is 30.1 Å². The molecule has 0 spiro atoms. The maximum atomic E-state index is 12.4. The van der Waals surface area contributed by atoms with Gasteiger partial charge in [0.05, 0.1) is 30.8 Å². The summed E-state index contributed by atoms with van der Waals surface area (Å²) in [5, 5.41) is 0. The zero-order valence-electron chi connectivity index (χ0n) is 11.0. The minimum absolute atomic E-state index is 0.0769. The van der Waals surface area contributed by atoms with E-state index in [0.29, 0.717) is 19.8 Å². The minimum Gasteiger partial charge on any atom is -0.379 e. The minimum atomic E-state index is 0.0769. The van der Waals surface area contributed by atoms with Crippen molar-refractivity contribution >= 4 is 16.9 Å². The number of hydrogen-bond donors (Lipinski definition) is 0. The number of nitrogens with zero attached hydrogens (tertiary/aromatic N) is 3. The van der Waals surface area contributed by atoms with Crippen molar-refractivity contribution in [1.82, 2.24) is 14.5 Å². The third-order valence-electron chi connectivity index (χ3n) is 3.44. The standard InChI is InChI=1S/C14H17N3O2/c1-11-15-12-4-2-3-5-13(12)17(11)14(18)10-16-6-8-19-9-7-16/h2-5H,6-10H2,1H3. The van der Waals surface area contributed by atoms with Gasteiger partial charge in [-0.1, -0.05) is 12.1 Å². The molecular weight excluding hydrogens is 242 g/mol. The Balaban J connectivity index is 1.86. The molecule has 2 heterocycles. The molecule has 19 heavy (non-hydrogen) atoms. The second-order valence-corrected chi connectivity index (χ2v) is 4.77. The molecule has 0 saturated carbocycles. The van der Waals surface area contributed by atoms with Crippen molar-refractivity contribution < 1.29 is 9.53 Å². The number of aryl methyl sites for hydroxylation is 1. The average molecular weight is 259 g/mol. The number of hydrogen-bond acceptors (Lipinski definition) is 4. The van der Waals surface area contributed by atoms with Crippen molar-refractivity contribution in [2.75, 3.05) is 32.8 Å². The van der Waals surface area contributed by atoms with Gasteiger partial charge in [-0.15, -0.1) is 0 Å². The van der Waals surface area contributed by atoms with Crippen LogP contribution in [0, 0.1) is 6.92 Å². The van der Waals surface area contributed by atoms with Crippen LogP contribution in [0.15, 0.2) is 24.3 Å². The highest BCUT2D eigenvalue weighted by Gasteiger charge is 2.18. The second kappa shape index (κ2) is 5.11. The molecule has 0 bridgehead atoms. The summed E-state index contributed by atoms with van der Waals surface area (Å²) in [4.78, 5) is 19.0. The molecule has 1 fully saturated rings. The van der Waals surface area contributed by atoms with Crippen molar-refractivity contribution in [1.29, 1.82) is 0 Å². The van der Waals surface area contributed by atoms with E-state index in [9.17, 15) is 4.79 Å². The first-order valence-corrected chi connectivity index (χ1v) is 6.53. The van der Waals surface area contributed by atoms with E-state index < -0.39 is 0 Å². The molecule has 1 aliphatic rings. The van der Waals surface area contributed by atoms with E-state index in [1.165, 1.54) is 0 Å². The van der Waals surface area contributed by atoms with Crippen molar-refractivity contribution in [2.24, 2.45) is 0 Å². The number of carbonyl (C=O) groups excluding carboxylic acids is 1. The lowest BCUT2D eigenvalue weighted by Crippen LogP contribution is -2.41. The van der Waals surface area contributed by atoms with E-state index in [-0.39, 0.29) is 5.91 Å². The van der Waals surface area contributed by atoms with Crippen LogP contribution in [0.4, 0.5) is 0 Å². The van der Waals surface area contributed by atoms with E-state index in [4.69, 9.17) is 4.74 Å². The molecule has 0 radical (unpaired) electrons. The van der Waals surface area contributed by atoms with Crippen molar-refractivity contribution in [2.45, 2.75) is 6.92 Å². The molecule has 1 aromatic carbocycles. The van der Waals surface area contributed by atoms with Gasteiger partial charge >= 0.3 is 0 Å². The SMILES string of the molecule is Cc1nc2ccccc2n1C(=O)CN1CCOCC1. The highest BCUT2D eigenvalue weighted by atomic mass is 16.5. The fourth-order valence-corrected chi connectivity index (χ4v) is 2.48. The number of para-hydroxylation sites is 2. The zero-order valence-corrected chi connectivity index (χ0v) is 11.0. The molecule has 5 nitrogen and oxygen atoms in total. The van der Waals surface area contributed by atoms with Crippen LogP contribution in [0.1, 0.15) is 10.6 Å². The van der Waals surface area contributed by atoms with Gasteiger partial charge in [0.2, 0.25) is 5.91 Å². The second-order valence-electron chi connectivity index (χ2n) is 4.77. The molecule has 0 N–H and O–H groups in total. The highest BCUT2D eigenvalue weighted by molar-refractivity contribution is 5.92. The predicted molar refractivity (Wildman–Crippen MR) is 72.4 cm³/mol. The number of fused-ring (bicyclic) bond motifs is 1. The molecular formula is C14H17N3O2. The summed E-state index contributed by atoms with van der Waals surface area (Å²) in [6.45, 7) is 5.34. The normalized spacial score (nSPS) is 16.9. The molecule has 0 atom stereocenters. The maximum absolute atomic E-state index is 12.4. The third kappa shape index (κ3) is 2.39. The van der Waals surface area contributed by atoms with Gasteiger partial charge in [0.25, 0.3) is 0 Å². The summed E-state index contributed by atoms with van der Waals surface area (Å²) >= 11 is 0.